The third-order valence-corrected chi connectivity index (χ3v) is 4.39. The zero-order chi connectivity index (χ0) is 19.4. The third kappa shape index (κ3) is 3.89. The number of carbonyl (C=O) groups excluding carboxylic acids is 3. The monoisotopic (exact) mass is 364 g/mol. The van der Waals surface area contributed by atoms with Crippen molar-refractivity contribution in [2.24, 2.45) is 0 Å². The van der Waals surface area contributed by atoms with Crippen LogP contribution in [0.15, 0.2) is 54.6 Å². The quantitative estimate of drug-likeness (QED) is 0.557. The maximum atomic E-state index is 12.8. The summed E-state index contributed by atoms with van der Waals surface area (Å²) < 4.78 is 5.28. The Kier molecular flexibility index (Phi) is 5.35. The first-order chi connectivity index (χ1) is 13.0. The van der Waals surface area contributed by atoms with Crippen molar-refractivity contribution in [3.05, 3.63) is 60.2 Å². The Balaban J connectivity index is 1.87. The zero-order valence-corrected chi connectivity index (χ0v) is 15.2. The van der Waals surface area contributed by atoms with Gasteiger partial charge in [-0.3, -0.25) is 9.59 Å². The lowest BCUT2D eigenvalue weighted by molar-refractivity contribution is -0.137. The van der Waals surface area contributed by atoms with Crippen molar-refractivity contribution < 1.29 is 19.1 Å². The summed E-state index contributed by atoms with van der Waals surface area (Å²) in [7, 11) is 2.98. The Morgan fingerprint density at radius 3 is 2.07 bits per heavy atom. The lowest BCUT2D eigenvalue weighted by atomic mass is 9.97. The maximum Gasteiger partial charge on any atom is 0.339 e. The van der Waals surface area contributed by atoms with Crippen LogP contribution < -0.4 is 5.32 Å². The number of rotatable bonds is 5. The van der Waals surface area contributed by atoms with Gasteiger partial charge in [0.05, 0.1) is 12.1 Å². The number of amides is 2. The second kappa shape index (κ2) is 7.86. The normalized spacial score (nSPS) is 10.6. The van der Waals surface area contributed by atoms with Crippen molar-refractivity contribution in [2.45, 2.75) is 0 Å². The molecule has 3 aromatic carbocycles. The predicted octanol–water partition coefficient (Wildman–Crippen LogP) is 2.35. The summed E-state index contributed by atoms with van der Waals surface area (Å²) in [5.74, 6) is -1.31. The molecule has 0 aliphatic carbocycles. The van der Waals surface area contributed by atoms with Gasteiger partial charge in [-0.1, -0.05) is 48.5 Å². The summed E-state index contributed by atoms with van der Waals surface area (Å²) in [5.41, 5.74) is 0.436. The van der Waals surface area contributed by atoms with Gasteiger partial charge in [0, 0.05) is 14.1 Å². The molecule has 2 amide bonds. The predicted molar refractivity (Wildman–Crippen MR) is 103 cm³/mol. The van der Waals surface area contributed by atoms with Crippen LogP contribution in [0, 0.1) is 0 Å². The van der Waals surface area contributed by atoms with Crippen LogP contribution in [-0.4, -0.2) is 49.9 Å². The molecular weight excluding hydrogens is 344 g/mol. The van der Waals surface area contributed by atoms with E-state index in [1.165, 1.54) is 19.0 Å². The average molecular weight is 364 g/mol. The van der Waals surface area contributed by atoms with Crippen LogP contribution in [-0.2, 0) is 14.3 Å². The van der Waals surface area contributed by atoms with Crippen LogP contribution in [0.4, 0.5) is 0 Å². The highest BCUT2D eigenvalue weighted by Gasteiger charge is 2.19. The number of esters is 1. The minimum Gasteiger partial charge on any atom is -0.452 e. The lowest BCUT2D eigenvalue weighted by Gasteiger charge is -2.16. The highest BCUT2D eigenvalue weighted by atomic mass is 16.5. The number of nitrogens with one attached hydrogen (secondary N) is 1. The van der Waals surface area contributed by atoms with Crippen LogP contribution in [0.5, 0.6) is 0 Å². The smallest absolute Gasteiger partial charge is 0.339 e. The van der Waals surface area contributed by atoms with Crippen molar-refractivity contribution in [3.8, 4) is 0 Å². The molecule has 3 rings (SSSR count). The Hall–Kier alpha value is -3.41. The van der Waals surface area contributed by atoms with Gasteiger partial charge in [0.25, 0.3) is 5.91 Å². The van der Waals surface area contributed by atoms with Gasteiger partial charge in [-0.15, -0.1) is 0 Å². The first-order valence-corrected chi connectivity index (χ1v) is 8.53. The fourth-order valence-electron chi connectivity index (χ4n) is 2.93. The van der Waals surface area contributed by atoms with Crippen molar-refractivity contribution in [1.82, 2.24) is 10.2 Å². The number of nitrogens with zero attached hydrogens (tertiary/aromatic N) is 1. The molecule has 6 heteroatoms. The number of carbonyl (C=O) groups is 3. The minimum atomic E-state index is -0.565. The van der Waals surface area contributed by atoms with Gasteiger partial charge in [-0.2, -0.15) is 0 Å². The van der Waals surface area contributed by atoms with Gasteiger partial charge < -0.3 is 15.0 Å². The summed E-state index contributed by atoms with van der Waals surface area (Å²) in [6, 6.07) is 17.1. The van der Waals surface area contributed by atoms with Crippen molar-refractivity contribution in [2.75, 3.05) is 27.2 Å². The molecule has 0 aliphatic heterocycles. The highest BCUT2D eigenvalue weighted by molar-refractivity contribution is 6.16. The summed E-state index contributed by atoms with van der Waals surface area (Å²) in [4.78, 5) is 37.5. The molecule has 0 atom stereocenters. The van der Waals surface area contributed by atoms with E-state index in [1.807, 2.05) is 54.6 Å². The van der Waals surface area contributed by atoms with E-state index in [9.17, 15) is 14.4 Å². The molecule has 0 saturated carbocycles. The van der Waals surface area contributed by atoms with E-state index in [1.54, 1.807) is 0 Å². The number of likely N-dealkylation sites (N-methyl/N-ethyl adjacent to an activating group) is 2. The lowest BCUT2D eigenvalue weighted by Crippen LogP contribution is -2.39. The number of hydrogen-bond donors (Lipinski definition) is 1. The molecular formula is C21H20N2O4. The Bertz CT molecular complexity index is 975. The number of ether oxygens (including phenoxy) is 1. The fraction of sp³-hybridized carbons (Fsp3) is 0.190. The molecule has 0 heterocycles. The van der Waals surface area contributed by atoms with Crippen LogP contribution in [0.25, 0.3) is 21.5 Å². The van der Waals surface area contributed by atoms with Crippen LogP contribution >= 0.6 is 0 Å². The summed E-state index contributed by atoms with van der Waals surface area (Å²) in [5, 5.41) is 5.83. The maximum absolute atomic E-state index is 12.8. The molecule has 1 N–H and O–H groups in total. The van der Waals surface area contributed by atoms with E-state index in [2.05, 4.69) is 5.32 Å². The van der Waals surface area contributed by atoms with Gasteiger partial charge in [-0.25, -0.2) is 4.79 Å². The van der Waals surface area contributed by atoms with E-state index < -0.39 is 18.5 Å². The second-order valence-electron chi connectivity index (χ2n) is 6.19. The fourth-order valence-corrected chi connectivity index (χ4v) is 2.93. The van der Waals surface area contributed by atoms with E-state index in [4.69, 9.17) is 4.74 Å². The number of benzene rings is 3. The summed E-state index contributed by atoms with van der Waals surface area (Å²) in [6.45, 7) is -0.520. The molecule has 6 nitrogen and oxygen atoms in total. The van der Waals surface area contributed by atoms with E-state index >= 15 is 0 Å². The number of fused-ring (bicyclic) bond motifs is 2. The van der Waals surface area contributed by atoms with Crippen LogP contribution in [0.3, 0.4) is 0 Å². The highest BCUT2D eigenvalue weighted by Crippen LogP contribution is 2.29. The molecule has 138 valence electrons. The number of hydrogen-bond acceptors (Lipinski definition) is 4. The minimum absolute atomic E-state index is 0.0932. The topological polar surface area (TPSA) is 75.7 Å². The summed E-state index contributed by atoms with van der Waals surface area (Å²) in [6.07, 6.45) is 0. The van der Waals surface area contributed by atoms with Crippen molar-refractivity contribution >= 4 is 39.3 Å². The molecule has 3 aromatic rings. The zero-order valence-electron chi connectivity index (χ0n) is 15.2. The average Bonchev–Trinajstić information content (AvgIpc) is 2.69. The Morgan fingerprint density at radius 2 is 1.52 bits per heavy atom. The molecule has 0 saturated heterocycles. The molecule has 0 radical (unpaired) electrons. The standard InChI is InChI=1S/C21H20N2O4/c1-22-18(24)12-23(2)19(25)13-27-21(26)20-16-9-5-3-7-14(16)11-15-8-4-6-10-17(15)20/h3-11H,12-13H2,1-2H3,(H,22,24). The van der Waals surface area contributed by atoms with Gasteiger partial charge in [0.15, 0.2) is 6.61 Å². The largest absolute Gasteiger partial charge is 0.452 e. The molecule has 0 aromatic heterocycles. The SMILES string of the molecule is CNC(=O)CN(C)C(=O)COC(=O)c1c2ccccc2cc2ccccc12. The molecule has 27 heavy (non-hydrogen) atoms. The van der Waals surface area contributed by atoms with Gasteiger partial charge in [0.2, 0.25) is 5.91 Å². The second-order valence-corrected chi connectivity index (χ2v) is 6.19. The van der Waals surface area contributed by atoms with E-state index in [0.717, 1.165) is 21.5 Å². The van der Waals surface area contributed by atoms with Crippen LogP contribution in [0.2, 0.25) is 0 Å². The van der Waals surface area contributed by atoms with Crippen molar-refractivity contribution in [3.63, 3.8) is 0 Å². The Labute approximate surface area is 156 Å². The molecule has 0 bridgehead atoms. The molecule has 0 spiro atoms. The van der Waals surface area contributed by atoms with Crippen molar-refractivity contribution in [1.29, 1.82) is 0 Å². The van der Waals surface area contributed by atoms with E-state index in [-0.39, 0.29) is 12.5 Å². The van der Waals surface area contributed by atoms with Crippen LogP contribution in [0.1, 0.15) is 10.4 Å². The molecule has 0 fully saturated rings. The first-order valence-electron chi connectivity index (χ1n) is 8.53. The molecule has 0 aliphatic rings. The third-order valence-electron chi connectivity index (χ3n) is 4.39. The molecule has 0 unspecified atom stereocenters. The summed E-state index contributed by atoms with van der Waals surface area (Å²) >= 11 is 0. The van der Waals surface area contributed by atoms with Gasteiger partial charge >= 0.3 is 5.97 Å². The van der Waals surface area contributed by atoms with Gasteiger partial charge in [-0.05, 0) is 27.6 Å². The Morgan fingerprint density at radius 1 is 0.963 bits per heavy atom. The van der Waals surface area contributed by atoms with Gasteiger partial charge in [0.1, 0.15) is 0 Å². The first kappa shape index (κ1) is 18.4. The van der Waals surface area contributed by atoms with E-state index in [0.29, 0.717) is 5.56 Å².